The molecule has 4 aromatic rings. The van der Waals surface area contributed by atoms with Crippen LogP contribution in [-0.2, 0) is 16.0 Å². The topological polar surface area (TPSA) is 101 Å². The molecule has 194 valence electrons. The van der Waals surface area contributed by atoms with E-state index in [-0.39, 0.29) is 17.9 Å². The van der Waals surface area contributed by atoms with Gasteiger partial charge in [0.15, 0.2) is 0 Å². The molecule has 1 aliphatic heterocycles. The molecule has 2 N–H and O–H groups in total. The minimum atomic E-state index is -0.882. The summed E-state index contributed by atoms with van der Waals surface area (Å²) in [4.78, 5) is 31.6. The second-order valence-electron chi connectivity index (χ2n) is 8.94. The standard InChI is InChI=1S/C30H28N2O6/c1-36-20-10-8-18(9-11-20)28(33)26-27(23-16-21(37-2)12-13-25(23)38-3)32(30(35)29(26)34)15-14-19-17-31-24-7-5-4-6-22(19)24/h4-13,16-17,27,31,33H,14-15H2,1-3H3/b28-26-. The maximum atomic E-state index is 13.5. The fourth-order valence-corrected chi connectivity index (χ4v) is 4.97. The number of aromatic nitrogens is 1. The van der Waals surface area contributed by atoms with E-state index in [2.05, 4.69) is 4.98 Å². The van der Waals surface area contributed by atoms with Gasteiger partial charge in [0.05, 0.1) is 32.9 Å². The number of ether oxygens (including phenoxy) is 3. The van der Waals surface area contributed by atoms with Crippen LogP contribution in [0.3, 0.4) is 0 Å². The third-order valence-corrected chi connectivity index (χ3v) is 6.93. The first-order chi connectivity index (χ1) is 18.5. The molecule has 8 nitrogen and oxygen atoms in total. The predicted octanol–water partition coefficient (Wildman–Crippen LogP) is 4.86. The van der Waals surface area contributed by atoms with Crippen LogP contribution in [0.25, 0.3) is 16.7 Å². The Morgan fingerprint density at radius 1 is 0.921 bits per heavy atom. The number of hydrogen-bond acceptors (Lipinski definition) is 6. The number of methoxy groups -OCH3 is 3. The number of likely N-dealkylation sites (tertiary alicyclic amines) is 1. The maximum Gasteiger partial charge on any atom is 0.295 e. The summed E-state index contributed by atoms with van der Waals surface area (Å²) in [7, 11) is 4.60. The van der Waals surface area contributed by atoms with E-state index >= 15 is 0 Å². The van der Waals surface area contributed by atoms with Crippen molar-refractivity contribution in [1.82, 2.24) is 9.88 Å². The minimum Gasteiger partial charge on any atom is -0.507 e. The predicted molar refractivity (Wildman–Crippen MR) is 144 cm³/mol. The summed E-state index contributed by atoms with van der Waals surface area (Å²) in [5.74, 6) is -0.105. The summed E-state index contributed by atoms with van der Waals surface area (Å²) in [6, 6.07) is 18.9. The van der Waals surface area contributed by atoms with E-state index in [1.54, 1.807) is 49.6 Å². The number of Topliss-reactive ketones (excluding diaryl/α,β-unsaturated/α-hetero) is 1. The molecule has 1 amide bonds. The Hall–Kier alpha value is -4.72. The van der Waals surface area contributed by atoms with Crippen molar-refractivity contribution in [3.8, 4) is 17.2 Å². The maximum absolute atomic E-state index is 13.5. The van der Waals surface area contributed by atoms with E-state index < -0.39 is 17.7 Å². The lowest BCUT2D eigenvalue weighted by Gasteiger charge is -2.27. The van der Waals surface area contributed by atoms with Crippen LogP contribution in [0.4, 0.5) is 0 Å². The Balaban J connectivity index is 1.62. The Bertz CT molecular complexity index is 1540. The van der Waals surface area contributed by atoms with E-state index in [4.69, 9.17) is 14.2 Å². The van der Waals surface area contributed by atoms with Gasteiger partial charge < -0.3 is 29.2 Å². The number of nitrogens with one attached hydrogen (secondary N) is 1. The quantitative estimate of drug-likeness (QED) is 0.199. The average molecular weight is 513 g/mol. The van der Waals surface area contributed by atoms with Gasteiger partial charge >= 0.3 is 0 Å². The van der Waals surface area contributed by atoms with Crippen LogP contribution in [0.5, 0.6) is 17.2 Å². The van der Waals surface area contributed by atoms with E-state index in [0.717, 1.165) is 16.5 Å². The highest BCUT2D eigenvalue weighted by Gasteiger charge is 2.47. The average Bonchev–Trinajstić information content (AvgIpc) is 3.49. The third kappa shape index (κ3) is 4.34. The van der Waals surface area contributed by atoms with Gasteiger partial charge in [0, 0.05) is 34.8 Å². The highest BCUT2D eigenvalue weighted by molar-refractivity contribution is 6.46. The summed E-state index contributed by atoms with van der Waals surface area (Å²) >= 11 is 0. The van der Waals surface area contributed by atoms with Crippen LogP contribution in [0.15, 0.2) is 78.5 Å². The zero-order chi connectivity index (χ0) is 26.8. The van der Waals surface area contributed by atoms with Crippen molar-refractivity contribution >= 4 is 28.4 Å². The molecule has 1 atom stereocenters. The summed E-state index contributed by atoms with van der Waals surface area (Å²) in [5, 5.41) is 12.4. The van der Waals surface area contributed by atoms with E-state index in [1.807, 2.05) is 30.5 Å². The van der Waals surface area contributed by atoms with E-state index in [0.29, 0.717) is 34.8 Å². The minimum absolute atomic E-state index is 0.00866. The summed E-state index contributed by atoms with van der Waals surface area (Å²) in [6.07, 6.45) is 2.42. The van der Waals surface area contributed by atoms with Gasteiger partial charge in [0.1, 0.15) is 23.0 Å². The second-order valence-corrected chi connectivity index (χ2v) is 8.94. The first-order valence-electron chi connectivity index (χ1n) is 12.2. The molecule has 8 heteroatoms. The highest BCUT2D eigenvalue weighted by Crippen LogP contribution is 2.44. The summed E-state index contributed by atoms with van der Waals surface area (Å²) < 4.78 is 16.3. The Morgan fingerprint density at radius 3 is 2.34 bits per heavy atom. The van der Waals surface area contributed by atoms with Crippen molar-refractivity contribution in [2.75, 3.05) is 27.9 Å². The largest absolute Gasteiger partial charge is 0.507 e. The van der Waals surface area contributed by atoms with Crippen molar-refractivity contribution in [2.45, 2.75) is 12.5 Å². The van der Waals surface area contributed by atoms with Gasteiger partial charge in [-0.3, -0.25) is 9.59 Å². The first-order valence-corrected chi connectivity index (χ1v) is 12.2. The number of H-pyrrole nitrogens is 1. The van der Waals surface area contributed by atoms with Gasteiger partial charge in [-0.05, 0) is 60.5 Å². The lowest BCUT2D eigenvalue weighted by molar-refractivity contribution is -0.139. The van der Waals surface area contributed by atoms with Gasteiger partial charge in [-0.2, -0.15) is 0 Å². The number of aliphatic hydroxyl groups is 1. The molecule has 3 aromatic carbocycles. The molecule has 0 saturated carbocycles. The molecule has 5 rings (SSSR count). The van der Waals surface area contributed by atoms with Crippen molar-refractivity contribution in [3.05, 3.63) is 95.2 Å². The number of carbonyl (C=O) groups excluding carboxylic acids is 2. The van der Waals surface area contributed by atoms with Crippen molar-refractivity contribution in [3.63, 3.8) is 0 Å². The SMILES string of the molecule is COc1ccc(/C(O)=C2/C(=O)C(=O)N(CCc3c[nH]c4ccccc34)C2c2cc(OC)ccc2OC)cc1. The molecule has 1 unspecified atom stereocenters. The van der Waals surface area contributed by atoms with Crippen LogP contribution in [0.2, 0.25) is 0 Å². The summed E-state index contributed by atoms with van der Waals surface area (Å²) in [6.45, 7) is 0.247. The van der Waals surface area contributed by atoms with Crippen LogP contribution in [0, 0.1) is 0 Å². The zero-order valence-electron chi connectivity index (χ0n) is 21.4. The number of fused-ring (bicyclic) bond motifs is 1. The lowest BCUT2D eigenvalue weighted by atomic mass is 9.94. The Labute approximate surface area is 220 Å². The smallest absolute Gasteiger partial charge is 0.295 e. The fraction of sp³-hybridized carbons (Fsp3) is 0.200. The fourth-order valence-electron chi connectivity index (χ4n) is 4.97. The van der Waals surface area contributed by atoms with E-state index in [9.17, 15) is 14.7 Å². The number of aromatic amines is 1. The van der Waals surface area contributed by atoms with Crippen LogP contribution >= 0.6 is 0 Å². The van der Waals surface area contributed by atoms with Crippen molar-refractivity contribution in [1.29, 1.82) is 0 Å². The van der Waals surface area contributed by atoms with Gasteiger partial charge in [-0.15, -0.1) is 0 Å². The molecule has 0 aliphatic carbocycles. The molecule has 1 aliphatic rings. The Kier molecular flexibility index (Phi) is 6.79. The number of para-hydroxylation sites is 1. The van der Waals surface area contributed by atoms with Gasteiger partial charge in [-0.1, -0.05) is 18.2 Å². The third-order valence-electron chi connectivity index (χ3n) is 6.93. The monoisotopic (exact) mass is 512 g/mol. The molecular weight excluding hydrogens is 484 g/mol. The van der Waals surface area contributed by atoms with Crippen LogP contribution in [-0.4, -0.2) is 54.6 Å². The number of amides is 1. The molecule has 0 radical (unpaired) electrons. The normalized spacial score (nSPS) is 16.7. The van der Waals surface area contributed by atoms with Gasteiger partial charge in [-0.25, -0.2) is 0 Å². The van der Waals surface area contributed by atoms with Crippen molar-refractivity contribution < 1.29 is 28.9 Å². The number of carbonyl (C=O) groups is 2. The highest BCUT2D eigenvalue weighted by atomic mass is 16.5. The molecule has 2 heterocycles. The lowest BCUT2D eigenvalue weighted by Crippen LogP contribution is -2.31. The number of hydrogen-bond donors (Lipinski definition) is 2. The molecule has 0 bridgehead atoms. The molecule has 1 fully saturated rings. The van der Waals surface area contributed by atoms with Crippen molar-refractivity contribution in [2.24, 2.45) is 0 Å². The molecule has 1 aromatic heterocycles. The molecular formula is C30H28N2O6. The van der Waals surface area contributed by atoms with Crippen LogP contribution < -0.4 is 14.2 Å². The zero-order valence-corrected chi connectivity index (χ0v) is 21.4. The number of benzene rings is 3. The van der Waals surface area contributed by atoms with Crippen LogP contribution in [0.1, 0.15) is 22.7 Å². The first kappa shape index (κ1) is 25.0. The number of rotatable bonds is 8. The number of nitrogens with zero attached hydrogens (tertiary/aromatic N) is 1. The van der Waals surface area contributed by atoms with Gasteiger partial charge in [0.2, 0.25) is 0 Å². The summed E-state index contributed by atoms with van der Waals surface area (Å²) in [5.41, 5.74) is 2.95. The molecule has 38 heavy (non-hydrogen) atoms. The van der Waals surface area contributed by atoms with E-state index in [1.165, 1.54) is 19.1 Å². The molecule has 0 spiro atoms. The Morgan fingerprint density at radius 2 is 1.63 bits per heavy atom. The molecule has 1 saturated heterocycles. The van der Waals surface area contributed by atoms with Gasteiger partial charge in [0.25, 0.3) is 11.7 Å². The second kappa shape index (κ2) is 10.3. The number of ketones is 1. The number of aliphatic hydroxyl groups excluding tert-OH is 1.